The predicted molar refractivity (Wildman–Crippen MR) is 188 cm³/mol. The van der Waals surface area contributed by atoms with Crippen LogP contribution in [0, 0.1) is 11.6 Å². The maximum absolute atomic E-state index is 14.7. The van der Waals surface area contributed by atoms with E-state index in [-0.39, 0.29) is 10.1 Å². The molecule has 0 heterocycles. The first kappa shape index (κ1) is 45.1. The highest BCUT2D eigenvalue weighted by Gasteiger charge is 2.50. The van der Waals surface area contributed by atoms with Gasteiger partial charge in [0.25, 0.3) is 12.9 Å². The largest absolute Gasteiger partial charge is 0.414 e. The summed E-state index contributed by atoms with van der Waals surface area (Å²) in [6, 6.07) is 6.80. The Bertz CT molecular complexity index is 1260. The van der Waals surface area contributed by atoms with E-state index in [4.69, 9.17) is 20.3 Å². The second kappa shape index (κ2) is 16.6. The molecular weight excluding hydrogens is 812 g/mol. The van der Waals surface area contributed by atoms with Crippen LogP contribution in [0.4, 0.5) is 35.1 Å². The maximum atomic E-state index is 14.7. The highest BCUT2D eigenvalue weighted by atomic mass is 79.9. The van der Waals surface area contributed by atoms with E-state index in [9.17, 15) is 35.1 Å². The Balaban J connectivity index is 0.000000480. The minimum absolute atomic E-state index is 0.212. The van der Waals surface area contributed by atoms with Gasteiger partial charge in [-0.15, -0.1) is 0 Å². The van der Waals surface area contributed by atoms with Crippen LogP contribution in [0.25, 0.3) is 0 Å². The SMILES string of the molecule is CC(C)(C)[Si](C)(C)OC[C@@H](F)[C@](N)(c1cc(Br)ccc1F)C(F)F.CC(C)(C)[Si](C)(C)OC[C@H](F)[C@](N)(c1cc(Br)ccc1F)C(F)F. The summed E-state index contributed by atoms with van der Waals surface area (Å²) in [5.74, 6) is -1.95. The third kappa shape index (κ3) is 10.6. The molecule has 0 saturated heterocycles. The zero-order valence-corrected chi connectivity index (χ0v) is 34.1. The summed E-state index contributed by atoms with van der Waals surface area (Å²) in [4.78, 5) is 0. The summed E-state index contributed by atoms with van der Waals surface area (Å²) in [5.41, 5.74) is 4.62. The number of hydrogen-bond donors (Lipinski definition) is 2. The molecule has 0 amide bonds. The van der Waals surface area contributed by atoms with Gasteiger partial charge in [-0.1, -0.05) is 73.4 Å². The molecule has 276 valence electrons. The number of alkyl halides is 6. The molecule has 16 heteroatoms. The fourth-order valence-electron chi connectivity index (χ4n) is 3.78. The van der Waals surface area contributed by atoms with Crippen LogP contribution in [-0.2, 0) is 19.9 Å². The van der Waals surface area contributed by atoms with E-state index < -0.39 is 88.9 Å². The molecule has 4 nitrogen and oxygen atoms in total. The van der Waals surface area contributed by atoms with E-state index in [1.54, 1.807) is 0 Å². The molecule has 0 aromatic heterocycles. The third-order valence-corrected chi connectivity index (χ3v) is 19.3. The Kier molecular flexibility index (Phi) is 15.6. The Morgan fingerprint density at radius 3 is 1.10 bits per heavy atom. The smallest absolute Gasteiger partial charge is 0.263 e. The number of hydrogen-bond acceptors (Lipinski definition) is 4. The van der Waals surface area contributed by atoms with Crippen molar-refractivity contribution in [2.45, 2.75) is 114 Å². The van der Waals surface area contributed by atoms with E-state index in [1.807, 2.05) is 67.7 Å². The molecule has 0 radical (unpaired) electrons. The molecule has 0 aliphatic heterocycles. The van der Waals surface area contributed by atoms with Gasteiger partial charge in [0.2, 0.25) is 0 Å². The Morgan fingerprint density at radius 2 is 0.875 bits per heavy atom. The molecule has 0 unspecified atom stereocenters. The van der Waals surface area contributed by atoms with Crippen molar-refractivity contribution >= 4 is 48.5 Å². The average Bonchev–Trinajstić information content (AvgIpc) is 2.95. The van der Waals surface area contributed by atoms with Gasteiger partial charge >= 0.3 is 0 Å². The third-order valence-electron chi connectivity index (χ3n) is 9.34. The van der Waals surface area contributed by atoms with Gasteiger partial charge in [-0.25, -0.2) is 35.1 Å². The number of rotatable bonds is 12. The molecule has 4 atom stereocenters. The van der Waals surface area contributed by atoms with Gasteiger partial charge in [-0.05, 0) is 72.7 Å². The van der Waals surface area contributed by atoms with Crippen molar-refractivity contribution in [3.05, 3.63) is 68.1 Å². The second-order valence-corrected chi connectivity index (χ2v) is 26.2. The molecule has 4 N–H and O–H groups in total. The summed E-state index contributed by atoms with van der Waals surface area (Å²) in [6.07, 6.45) is -11.1. The monoisotopic (exact) mass is 858 g/mol. The van der Waals surface area contributed by atoms with Crippen molar-refractivity contribution in [3.63, 3.8) is 0 Å². The molecular formula is C32H48Br2F8N2O2Si2. The van der Waals surface area contributed by atoms with Crippen LogP contribution in [0.15, 0.2) is 45.3 Å². The van der Waals surface area contributed by atoms with Crippen LogP contribution in [0.2, 0.25) is 36.3 Å². The van der Waals surface area contributed by atoms with Gasteiger partial charge in [-0.2, -0.15) is 0 Å². The summed E-state index contributed by atoms with van der Waals surface area (Å²) in [7, 11) is -4.70. The lowest BCUT2D eigenvalue weighted by molar-refractivity contribution is -0.0183. The summed E-state index contributed by atoms with van der Waals surface area (Å²) in [6.45, 7) is 18.0. The number of benzene rings is 2. The second-order valence-electron chi connectivity index (χ2n) is 14.8. The van der Waals surface area contributed by atoms with Crippen LogP contribution in [0.1, 0.15) is 52.7 Å². The average molecular weight is 861 g/mol. The van der Waals surface area contributed by atoms with Crippen LogP contribution in [-0.4, -0.2) is 55.0 Å². The fourth-order valence-corrected chi connectivity index (χ4v) is 6.49. The van der Waals surface area contributed by atoms with Crippen LogP contribution in [0.5, 0.6) is 0 Å². The highest BCUT2D eigenvalue weighted by Crippen LogP contribution is 2.41. The molecule has 0 bridgehead atoms. The Morgan fingerprint density at radius 1 is 0.604 bits per heavy atom. The minimum Gasteiger partial charge on any atom is -0.414 e. The zero-order valence-electron chi connectivity index (χ0n) is 28.9. The van der Waals surface area contributed by atoms with E-state index in [2.05, 4.69) is 31.9 Å². The van der Waals surface area contributed by atoms with Gasteiger partial charge in [0.05, 0.1) is 13.2 Å². The van der Waals surface area contributed by atoms with E-state index in [0.29, 0.717) is 8.95 Å². The van der Waals surface area contributed by atoms with Crippen molar-refractivity contribution in [2.75, 3.05) is 13.2 Å². The lowest BCUT2D eigenvalue weighted by Gasteiger charge is -2.39. The minimum atomic E-state index is -3.29. The van der Waals surface area contributed by atoms with Crippen molar-refractivity contribution in [1.29, 1.82) is 0 Å². The van der Waals surface area contributed by atoms with Gasteiger partial charge < -0.3 is 20.3 Å². The molecule has 0 aliphatic carbocycles. The van der Waals surface area contributed by atoms with E-state index in [0.717, 1.165) is 24.3 Å². The summed E-state index contributed by atoms with van der Waals surface area (Å²) < 4.78 is 124. The Hall–Kier alpha value is -0.886. The summed E-state index contributed by atoms with van der Waals surface area (Å²) >= 11 is 6.14. The molecule has 0 spiro atoms. The molecule has 2 aromatic carbocycles. The van der Waals surface area contributed by atoms with Gasteiger partial charge in [0.1, 0.15) is 35.1 Å². The van der Waals surface area contributed by atoms with Gasteiger partial charge in [0, 0.05) is 20.1 Å². The number of halogens is 10. The van der Waals surface area contributed by atoms with E-state index in [1.165, 1.54) is 12.1 Å². The topological polar surface area (TPSA) is 70.5 Å². The molecule has 0 aliphatic rings. The van der Waals surface area contributed by atoms with Crippen LogP contribution < -0.4 is 11.5 Å². The van der Waals surface area contributed by atoms with Gasteiger partial charge in [0.15, 0.2) is 16.6 Å². The lowest BCUT2D eigenvalue weighted by atomic mass is 9.86. The van der Waals surface area contributed by atoms with Crippen molar-refractivity contribution in [3.8, 4) is 0 Å². The highest BCUT2D eigenvalue weighted by molar-refractivity contribution is 9.10. The van der Waals surface area contributed by atoms with Crippen LogP contribution in [0.3, 0.4) is 0 Å². The lowest BCUT2D eigenvalue weighted by Crippen LogP contribution is -2.55. The normalized spacial score (nSPS) is 17.0. The molecule has 2 aromatic rings. The molecule has 0 fully saturated rings. The van der Waals surface area contributed by atoms with Crippen LogP contribution >= 0.6 is 31.9 Å². The molecule has 0 saturated carbocycles. The first-order valence-electron chi connectivity index (χ1n) is 15.1. The standard InChI is InChI=1S/2C16H24BrF4NOSi/c2*1-15(2,3)24(4,5)23-9-13(19)16(22,14(20)21)11-8-10(17)6-7-12(11)18/h2*6-8,13-14H,9,22H2,1-5H3/t13-,16+;13-,16-/m01/s1. The number of nitrogens with two attached hydrogens (primary N) is 2. The zero-order chi connectivity index (χ0) is 37.8. The van der Waals surface area contributed by atoms with Crippen molar-refractivity contribution in [1.82, 2.24) is 0 Å². The first-order chi connectivity index (χ1) is 21.5. The first-order valence-corrected chi connectivity index (χ1v) is 22.5. The van der Waals surface area contributed by atoms with Gasteiger partial charge in [-0.3, -0.25) is 0 Å². The Labute approximate surface area is 298 Å². The van der Waals surface area contributed by atoms with Crippen molar-refractivity contribution < 1.29 is 44.0 Å². The van der Waals surface area contributed by atoms with Crippen molar-refractivity contribution in [2.24, 2.45) is 11.5 Å². The maximum Gasteiger partial charge on any atom is 0.263 e. The molecule has 48 heavy (non-hydrogen) atoms. The molecule has 2 rings (SSSR count). The van der Waals surface area contributed by atoms with E-state index >= 15 is 0 Å². The quantitative estimate of drug-likeness (QED) is 0.165. The summed E-state index contributed by atoms with van der Waals surface area (Å²) in [5, 5.41) is -0.425. The predicted octanol–water partition coefficient (Wildman–Crippen LogP) is 10.7. The fraction of sp³-hybridized carbons (Fsp3) is 0.625.